The Morgan fingerprint density at radius 2 is 1.06 bits per heavy atom. The summed E-state index contributed by atoms with van der Waals surface area (Å²) in [7, 11) is 0. The molecular weight excluding hydrogens is 620 g/mol. The first-order valence-electron chi connectivity index (χ1n) is 15.9. The summed E-state index contributed by atoms with van der Waals surface area (Å²) in [5.74, 6) is -5.27. The molecule has 0 aromatic heterocycles. The van der Waals surface area contributed by atoms with Crippen LogP contribution >= 0.6 is 0 Å². The normalized spacial score (nSPS) is 21.9. The maximum absolute atomic E-state index is 16.3. The topological polar surface area (TPSA) is 109 Å². The average molecular weight is 662 g/mol. The van der Waals surface area contributed by atoms with Crippen molar-refractivity contribution in [1.82, 2.24) is 0 Å². The number of rotatable bonds is 17. The van der Waals surface area contributed by atoms with Crippen LogP contribution in [-0.2, 0) is 54.9 Å². The lowest BCUT2D eigenvalue weighted by atomic mass is 9.88. The van der Waals surface area contributed by atoms with E-state index in [-0.39, 0.29) is 33.0 Å². The van der Waals surface area contributed by atoms with E-state index in [1.54, 1.807) is 0 Å². The molecule has 4 aromatic carbocycles. The summed E-state index contributed by atoms with van der Waals surface area (Å²) in [4.78, 5) is 11.6. The van der Waals surface area contributed by atoms with E-state index >= 15 is 8.78 Å². The van der Waals surface area contributed by atoms with Crippen molar-refractivity contribution in [3.8, 4) is 0 Å². The highest BCUT2D eigenvalue weighted by atomic mass is 19.3. The fourth-order valence-corrected chi connectivity index (χ4v) is 5.63. The van der Waals surface area contributed by atoms with Crippen molar-refractivity contribution in [3.05, 3.63) is 144 Å². The summed E-state index contributed by atoms with van der Waals surface area (Å²) in [6, 6.07) is 35.5. The van der Waals surface area contributed by atoms with Crippen molar-refractivity contribution in [3.63, 3.8) is 0 Å². The smallest absolute Gasteiger partial charge is 0.320 e. The van der Waals surface area contributed by atoms with Crippen molar-refractivity contribution in [2.24, 2.45) is 5.73 Å². The van der Waals surface area contributed by atoms with E-state index in [2.05, 4.69) is 0 Å². The van der Waals surface area contributed by atoms with Crippen molar-refractivity contribution in [2.45, 2.75) is 75.3 Å². The third-order valence-electron chi connectivity index (χ3n) is 8.11. The van der Waals surface area contributed by atoms with Gasteiger partial charge in [-0.3, -0.25) is 4.79 Å². The Morgan fingerprint density at radius 3 is 1.50 bits per heavy atom. The monoisotopic (exact) mass is 661 g/mol. The van der Waals surface area contributed by atoms with Crippen molar-refractivity contribution < 1.29 is 42.4 Å². The molecule has 0 aliphatic carbocycles. The summed E-state index contributed by atoms with van der Waals surface area (Å²) < 4.78 is 64.0. The lowest BCUT2D eigenvalue weighted by Crippen LogP contribution is -2.65. The van der Waals surface area contributed by atoms with Gasteiger partial charge in [-0.25, -0.2) is 8.78 Å². The highest BCUT2D eigenvalue weighted by Crippen LogP contribution is 2.39. The number of carbonyl (C=O) groups is 1. The Labute approximate surface area is 279 Å². The zero-order valence-corrected chi connectivity index (χ0v) is 26.5. The summed E-state index contributed by atoms with van der Waals surface area (Å²) >= 11 is 0. The van der Waals surface area contributed by atoms with Gasteiger partial charge in [-0.15, -0.1) is 0 Å². The second kappa shape index (κ2) is 17.4. The van der Waals surface area contributed by atoms with Gasteiger partial charge in [0, 0.05) is 6.42 Å². The van der Waals surface area contributed by atoms with Crippen LogP contribution in [0.1, 0.15) is 28.7 Å². The summed E-state index contributed by atoms with van der Waals surface area (Å²) in [6.07, 6.45) is -7.51. The van der Waals surface area contributed by atoms with Crippen LogP contribution in [0.4, 0.5) is 8.78 Å². The number of alkyl halides is 2. The van der Waals surface area contributed by atoms with Crippen LogP contribution in [0.2, 0.25) is 0 Å². The van der Waals surface area contributed by atoms with Crippen LogP contribution < -0.4 is 5.73 Å². The molecule has 6 atom stereocenters. The molecule has 1 fully saturated rings. The number of carboxylic acid groups (broad SMARTS) is 1. The van der Waals surface area contributed by atoms with E-state index in [0.29, 0.717) is 0 Å². The van der Waals surface area contributed by atoms with E-state index in [1.165, 1.54) is 0 Å². The summed E-state index contributed by atoms with van der Waals surface area (Å²) in [6.45, 7) is 0.291. The Morgan fingerprint density at radius 1 is 0.667 bits per heavy atom. The van der Waals surface area contributed by atoms with Crippen molar-refractivity contribution >= 4 is 5.97 Å². The number of hydrogen-bond acceptors (Lipinski definition) is 7. The molecule has 0 unspecified atom stereocenters. The molecule has 8 nitrogen and oxygen atoms in total. The standard InChI is InChI=1S/C38H41F2NO7/c39-38(40,21-31(41)37(42)43)36-35(47-25-30-19-11-4-12-20-30)34(46-24-29-17-9-3-10-18-29)33(45-23-28-15-7-2-8-16-28)32(48-36)26-44-22-27-13-5-1-6-14-27/h1-20,31-36H,21-26,41H2,(H,42,43)/t31-,32+,33-,34-,35+,36+/m0/s1. The molecule has 1 aliphatic rings. The van der Waals surface area contributed by atoms with E-state index in [9.17, 15) is 9.90 Å². The van der Waals surface area contributed by atoms with E-state index < -0.39 is 54.9 Å². The lowest BCUT2D eigenvalue weighted by Gasteiger charge is -2.48. The summed E-state index contributed by atoms with van der Waals surface area (Å²) in [5, 5.41) is 9.43. The molecule has 4 aromatic rings. The van der Waals surface area contributed by atoms with Gasteiger partial charge in [-0.2, -0.15) is 0 Å². The van der Waals surface area contributed by atoms with Crippen LogP contribution in [0, 0.1) is 0 Å². The zero-order chi connectivity index (χ0) is 33.8. The molecule has 0 bridgehead atoms. The number of benzene rings is 4. The van der Waals surface area contributed by atoms with Gasteiger partial charge in [0.15, 0.2) is 6.10 Å². The predicted molar refractivity (Wildman–Crippen MR) is 175 cm³/mol. The van der Waals surface area contributed by atoms with Gasteiger partial charge in [0.1, 0.15) is 30.5 Å². The Hall–Kier alpha value is -4.03. The Balaban J connectivity index is 1.50. The fraction of sp³-hybridized carbons (Fsp3) is 0.342. The van der Waals surface area contributed by atoms with E-state index in [0.717, 1.165) is 22.3 Å². The van der Waals surface area contributed by atoms with Gasteiger partial charge in [0.05, 0.1) is 33.0 Å². The quantitative estimate of drug-likeness (QED) is 0.139. The first kappa shape index (κ1) is 35.3. The Kier molecular flexibility index (Phi) is 12.8. The minimum atomic E-state index is -3.73. The van der Waals surface area contributed by atoms with Crippen molar-refractivity contribution in [1.29, 1.82) is 0 Å². The number of aliphatic carboxylic acids is 1. The third-order valence-corrected chi connectivity index (χ3v) is 8.11. The van der Waals surface area contributed by atoms with E-state index in [4.69, 9.17) is 29.4 Å². The average Bonchev–Trinajstić information content (AvgIpc) is 3.10. The molecule has 3 N–H and O–H groups in total. The number of hydrogen-bond donors (Lipinski definition) is 2. The molecular formula is C38H41F2NO7. The molecule has 48 heavy (non-hydrogen) atoms. The summed E-state index contributed by atoms with van der Waals surface area (Å²) in [5.41, 5.74) is 8.98. The number of ether oxygens (including phenoxy) is 5. The molecule has 0 amide bonds. The Bertz CT molecular complexity index is 1520. The molecule has 1 aliphatic heterocycles. The number of halogens is 2. The van der Waals surface area contributed by atoms with Gasteiger partial charge >= 0.3 is 5.97 Å². The second-order valence-electron chi connectivity index (χ2n) is 11.8. The SMILES string of the molecule is N[C@@H](CC(F)(F)[C@@H]1O[C@H](COCc2ccccc2)[C@H](OCc2ccccc2)[C@H](OCc2ccccc2)[C@H]1OCc1ccccc1)C(=O)O. The first-order valence-corrected chi connectivity index (χ1v) is 15.9. The van der Waals surface area contributed by atoms with Crippen LogP contribution in [0.5, 0.6) is 0 Å². The zero-order valence-electron chi connectivity index (χ0n) is 26.5. The van der Waals surface area contributed by atoms with Gasteiger partial charge < -0.3 is 34.5 Å². The van der Waals surface area contributed by atoms with Crippen LogP contribution in [0.15, 0.2) is 121 Å². The second-order valence-corrected chi connectivity index (χ2v) is 11.8. The van der Waals surface area contributed by atoms with Crippen LogP contribution in [-0.4, -0.2) is 60.2 Å². The highest BCUT2D eigenvalue weighted by molar-refractivity contribution is 5.73. The van der Waals surface area contributed by atoms with E-state index in [1.807, 2.05) is 121 Å². The molecule has 0 radical (unpaired) electrons. The molecule has 1 saturated heterocycles. The third kappa shape index (κ3) is 9.99. The van der Waals surface area contributed by atoms with Gasteiger partial charge in [0.2, 0.25) is 0 Å². The molecule has 254 valence electrons. The van der Waals surface area contributed by atoms with Crippen LogP contribution in [0.25, 0.3) is 0 Å². The van der Waals surface area contributed by atoms with Crippen LogP contribution in [0.3, 0.4) is 0 Å². The van der Waals surface area contributed by atoms with Crippen molar-refractivity contribution in [2.75, 3.05) is 6.61 Å². The first-order chi connectivity index (χ1) is 23.3. The minimum Gasteiger partial charge on any atom is -0.480 e. The largest absolute Gasteiger partial charge is 0.480 e. The molecule has 0 saturated carbocycles. The molecule has 5 rings (SSSR count). The van der Waals surface area contributed by atoms with Gasteiger partial charge in [-0.1, -0.05) is 121 Å². The maximum Gasteiger partial charge on any atom is 0.320 e. The van der Waals surface area contributed by atoms with Gasteiger partial charge in [0.25, 0.3) is 5.92 Å². The highest BCUT2D eigenvalue weighted by Gasteiger charge is 2.57. The maximum atomic E-state index is 16.3. The predicted octanol–water partition coefficient (Wildman–Crippen LogP) is 6.16. The molecule has 0 spiro atoms. The van der Waals surface area contributed by atoms with Gasteiger partial charge in [-0.05, 0) is 22.3 Å². The molecule has 1 heterocycles. The number of nitrogens with two attached hydrogens (primary N) is 1. The minimum absolute atomic E-state index is 0.0296. The fourth-order valence-electron chi connectivity index (χ4n) is 5.63. The number of carboxylic acids is 1. The molecule has 10 heteroatoms. The lowest BCUT2D eigenvalue weighted by molar-refractivity contribution is -0.311.